The van der Waals surface area contributed by atoms with E-state index in [0.717, 1.165) is 30.1 Å². The molecular formula is C24H30O4. The van der Waals surface area contributed by atoms with Gasteiger partial charge in [0.05, 0.1) is 13.7 Å². The lowest BCUT2D eigenvalue weighted by atomic mass is 10.1. The molecule has 0 fully saturated rings. The highest BCUT2D eigenvalue weighted by Gasteiger charge is 2.02. The first kappa shape index (κ1) is 21.5. The van der Waals surface area contributed by atoms with E-state index < -0.39 is 5.97 Å². The Morgan fingerprint density at radius 1 is 0.821 bits per heavy atom. The van der Waals surface area contributed by atoms with E-state index in [2.05, 4.69) is 6.92 Å². The molecule has 0 spiro atoms. The SMILES string of the molecule is CCCCCCCCOc1ccc(OC(=O)/C=C/c2ccc(OC)cc2)cc1. The van der Waals surface area contributed by atoms with E-state index in [1.807, 2.05) is 36.4 Å². The molecule has 0 atom stereocenters. The van der Waals surface area contributed by atoms with Gasteiger partial charge in [-0.1, -0.05) is 51.2 Å². The van der Waals surface area contributed by atoms with Crippen molar-refractivity contribution < 1.29 is 19.0 Å². The molecule has 0 saturated carbocycles. The van der Waals surface area contributed by atoms with E-state index in [4.69, 9.17) is 14.2 Å². The molecule has 0 aliphatic rings. The van der Waals surface area contributed by atoms with Crippen LogP contribution in [-0.2, 0) is 4.79 Å². The maximum atomic E-state index is 11.9. The molecule has 0 aromatic heterocycles. The van der Waals surface area contributed by atoms with Crippen LogP contribution in [0.25, 0.3) is 6.08 Å². The number of carbonyl (C=O) groups excluding carboxylic acids is 1. The molecule has 2 aromatic rings. The molecule has 0 heterocycles. The molecule has 0 aliphatic carbocycles. The fraction of sp³-hybridized carbons (Fsp3) is 0.375. The molecule has 2 aromatic carbocycles. The lowest BCUT2D eigenvalue weighted by Gasteiger charge is -2.07. The van der Waals surface area contributed by atoms with E-state index >= 15 is 0 Å². The van der Waals surface area contributed by atoms with Crippen LogP contribution >= 0.6 is 0 Å². The number of hydrogen-bond donors (Lipinski definition) is 0. The average Bonchev–Trinajstić information content (AvgIpc) is 2.73. The van der Waals surface area contributed by atoms with Crippen molar-refractivity contribution in [2.24, 2.45) is 0 Å². The monoisotopic (exact) mass is 382 g/mol. The Labute approximate surface area is 168 Å². The van der Waals surface area contributed by atoms with Crippen LogP contribution in [0.4, 0.5) is 0 Å². The zero-order valence-corrected chi connectivity index (χ0v) is 16.9. The third-order valence-corrected chi connectivity index (χ3v) is 4.34. The molecule has 0 unspecified atom stereocenters. The number of benzene rings is 2. The predicted molar refractivity (Wildman–Crippen MR) is 113 cm³/mol. The normalized spacial score (nSPS) is 10.8. The molecule has 0 bridgehead atoms. The van der Waals surface area contributed by atoms with Crippen molar-refractivity contribution in [2.75, 3.05) is 13.7 Å². The number of carbonyl (C=O) groups is 1. The Bertz CT molecular complexity index is 717. The highest BCUT2D eigenvalue weighted by Crippen LogP contribution is 2.19. The predicted octanol–water partition coefficient (Wildman–Crippen LogP) is 6.05. The smallest absolute Gasteiger partial charge is 0.336 e. The summed E-state index contributed by atoms with van der Waals surface area (Å²) in [5.74, 6) is 1.65. The first-order valence-electron chi connectivity index (χ1n) is 9.98. The van der Waals surface area contributed by atoms with Crippen LogP contribution in [0.2, 0.25) is 0 Å². The summed E-state index contributed by atoms with van der Waals surface area (Å²) in [7, 11) is 1.62. The summed E-state index contributed by atoms with van der Waals surface area (Å²) in [4.78, 5) is 11.9. The maximum absolute atomic E-state index is 11.9. The summed E-state index contributed by atoms with van der Waals surface area (Å²) in [6.45, 7) is 2.94. The number of hydrogen-bond acceptors (Lipinski definition) is 4. The third-order valence-electron chi connectivity index (χ3n) is 4.34. The summed E-state index contributed by atoms with van der Waals surface area (Å²) >= 11 is 0. The van der Waals surface area contributed by atoms with Gasteiger partial charge in [0.25, 0.3) is 0 Å². The van der Waals surface area contributed by atoms with E-state index in [1.165, 1.54) is 38.2 Å². The van der Waals surface area contributed by atoms with E-state index in [-0.39, 0.29) is 0 Å². The summed E-state index contributed by atoms with van der Waals surface area (Å²) in [6, 6.07) is 14.6. The number of unbranched alkanes of at least 4 members (excludes halogenated alkanes) is 5. The molecule has 150 valence electrons. The standard InChI is InChI=1S/C24H30O4/c1-3-4-5-6-7-8-19-27-22-14-16-23(17-15-22)28-24(25)18-11-20-9-12-21(26-2)13-10-20/h9-18H,3-8,19H2,1-2H3/b18-11+. The van der Waals surface area contributed by atoms with Gasteiger partial charge < -0.3 is 14.2 Å². The Morgan fingerprint density at radius 2 is 1.43 bits per heavy atom. The van der Waals surface area contributed by atoms with Gasteiger partial charge in [-0.2, -0.15) is 0 Å². The molecule has 0 N–H and O–H groups in total. The number of ether oxygens (including phenoxy) is 3. The minimum absolute atomic E-state index is 0.420. The van der Waals surface area contributed by atoms with Gasteiger partial charge in [-0.3, -0.25) is 0 Å². The Hall–Kier alpha value is -2.75. The minimum Gasteiger partial charge on any atom is -0.497 e. The Morgan fingerprint density at radius 3 is 2.11 bits per heavy atom. The minimum atomic E-state index is -0.420. The van der Waals surface area contributed by atoms with Crippen LogP contribution < -0.4 is 14.2 Å². The zero-order chi connectivity index (χ0) is 20.0. The first-order chi connectivity index (χ1) is 13.7. The molecule has 0 radical (unpaired) electrons. The fourth-order valence-corrected chi connectivity index (χ4v) is 2.71. The summed E-state index contributed by atoms with van der Waals surface area (Å²) < 4.78 is 16.2. The quantitative estimate of drug-likeness (QED) is 0.194. The maximum Gasteiger partial charge on any atom is 0.336 e. The Kier molecular flexibility index (Phi) is 9.70. The van der Waals surface area contributed by atoms with Crippen LogP contribution in [0, 0.1) is 0 Å². The molecule has 0 saturated heterocycles. The van der Waals surface area contributed by atoms with Crippen molar-refractivity contribution in [3.63, 3.8) is 0 Å². The van der Waals surface area contributed by atoms with E-state index in [1.54, 1.807) is 25.3 Å². The van der Waals surface area contributed by atoms with Gasteiger partial charge in [-0.05, 0) is 54.5 Å². The van der Waals surface area contributed by atoms with Crippen LogP contribution in [0.15, 0.2) is 54.6 Å². The molecule has 0 amide bonds. The van der Waals surface area contributed by atoms with Crippen LogP contribution in [0.5, 0.6) is 17.2 Å². The van der Waals surface area contributed by atoms with Gasteiger partial charge in [-0.15, -0.1) is 0 Å². The number of esters is 1. The molecule has 4 heteroatoms. The average molecular weight is 383 g/mol. The largest absolute Gasteiger partial charge is 0.497 e. The Balaban J connectivity index is 1.70. The molecule has 2 rings (SSSR count). The van der Waals surface area contributed by atoms with Crippen LogP contribution in [0.3, 0.4) is 0 Å². The second kappa shape index (κ2) is 12.6. The second-order valence-corrected chi connectivity index (χ2v) is 6.62. The summed E-state index contributed by atoms with van der Waals surface area (Å²) in [5, 5.41) is 0. The number of methoxy groups -OCH3 is 1. The number of rotatable bonds is 12. The van der Waals surface area contributed by atoms with Gasteiger partial charge in [0.1, 0.15) is 17.2 Å². The van der Waals surface area contributed by atoms with Gasteiger partial charge in [0.2, 0.25) is 0 Å². The van der Waals surface area contributed by atoms with Gasteiger partial charge in [-0.25, -0.2) is 4.79 Å². The van der Waals surface area contributed by atoms with Gasteiger partial charge in [0, 0.05) is 6.08 Å². The van der Waals surface area contributed by atoms with Crippen molar-refractivity contribution >= 4 is 12.0 Å². The second-order valence-electron chi connectivity index (χ2n) is 6.62. The van der Waals surface area contributed by atoms with Crippen molar-refractivity contribution in [3.05, 3.63) is 60.2 Å². The molecule has 0 aliphatic heterocycles. The fourth-order valence-electron chi connectivity index (χ4n) is 2.71. The lowest BCUT2D eigenvalue weighted by molar-refractivity contribution is -0.128. The topological polar surface area (TPSA) is 44.8 Å². The zero-order valence-electron chi connectivity index (χ0n) is 16.9. The van der Waals surface area contributed by atoms with Crippen LogP contribution in [-0.4, -0.2) is 19.7 Å². The molecule has 4 nitrogen and oxygen atoms in total. The third kappa shape index (κ3) is 8.30. The highest BCUT2D eigenvalue weighted by molar-refractivity contribution is 5.88. The van der Waals surface area contributed by atoms with E-state index in [0.29, 0.717) is 5.75 Å². The van der Waals surface area contributed by atoms with Gasteiger partial charge in [0.15, 0.2) is 0 Å². The lowest BCUT2D eigenvalue weighted by Crippen LogP contribution is -2.03. The molecular weight excluding hydrogens is 352 g/mol. The molecule has 28 heavy (non-hydrogen) atoms. The van der Waals surface area contributed by atoms with Crippen LogP contribution in [0.1, 0.15) is 51.0 Å². The summed E-state index contributed by atoms with van der Waals surface area (Å²) in [6.07, 6.45) is 10.6. The first-order valence-corrected chi connectivity index (χ1v) is 9.98. The highest BCUT2D eigenvalue weighted by atomic mass is 16.5. The van der Waals surface area contributed by atoms with Crippen molar-refractivity contribution in [1.29, 1.82) is 0 Å². The summed E-state index contributed by atoms with van der Waals surface area (Å²) in [5.41, 5.74) is 0.899. The van der Waals surface area contributed by atoms with Crippen molar-refractivity contribution in [2.45, 2.75) is 45.4 Å². The van der Waals surface area contributed by atoms with Gasteiger partial charge >= 0.3 is 5.97 Å². The van der Waals surface area contributed by atoms with E-state index in [9.17, 15) is 4.79 Å². The van der Waals surface area contributed by atoms with Crippen molar-refractivity contribution in [3.8, 4) is 17.2 Å². The van der Waals surface area contributed by atoms with Crippen molar-refractivity contribution in [1.82, 2.24) is 0 Å².